The molecular formula is C11H15ClN2O. The number of amides is 1. The maximum absolute atomic E-state index is 11.3. The molecule has 1 amide bonds. The van der Waals surface area contributed by atoms with Gasteiger partial charge in [0.05, 0.1) is 17.3 Å². The minimum Gasteiger partial charge on any atom is -0.375 e. The number of rotatable bonds is 5. The van der Waals surface area contributed by atoms with E-state index in [0.29, 0.717) is 11.6 Å². The van der Waals surface area contributed by atoms with Gasteiger partial charge < -0.3 is 10.6 Å². The van der Waals surface area contributed by atoms with Crippen LogP contribution in [0.15, 0.2) is 24.3 Å². The second-order valence-corrected chi connectivity index (χ2v) is 3.59. The van der Waals surface area contributed by atoms with Gasteiger partial charge in [-0.1, -0.05) is 30.7 Å². The Morgan fingerprint density at radius 1 is 1.40 bits per heavy atom. The average Bonchev–Trinajstić information content (AvgIpc) is 2.25. The monoisotopic (exact) mass is 226 g/mol. The van der Waals surface area contributed by atoms with E-state index in [-0.39, 0.29) is 12.5 Å². The fourth-order valence-corrected chi connectivity index (χ4v) is 1.31. The molecule has 15 heavy (non-hydrogen) atoms. The van der Waals surface area contributed by atoms with Crippen LogP contribution in [-0.2, 0) is 4.79 Å². The topological polar surface area (TPSA) is 41.1 Å². The second kappa shape index (κ2) is 6.30. The molecule has 0 aliphatic carbocycles. The summed E-state index contributed by atoms with van der Waals surface area (Å²) in [6.07, 6.45) is 0.942. The van der Waals surface area contributed by atoms with E-state index in [2.05, 4.69) is 10.6 Å². The Balaban J connectivity index is 2.37. The highest BCUT2D eigenvalue weighted by molar-refractivity contribution is 6.33. The lowest BCUT2D eigenvalue weighted by atomic mass is 10.3. The van der Waals surface area contributed by atoms with Crippen molar-refractivity contribution in [1.82, 2.24) is 5.32 Å². The van der Waals surface area contributed by atoms with E-state index in [1.54, 1.807) is 6.07 Å². The third-order valence-corrected chi connectivity index (χ3v) is 2.22. The van der Waals surface area contributed by atoms with Crippen LogP contribution in [0.4, 0.5) is 5.69 Å². The van der Waals surface area contributed by atoms with Crippen LogP contribution in [0.25, 0.3) is 0 Å². The summed E-state index contributed by atoms with van der Waals surface area (Å²) in [5.41, 5.74) is 0.783. The van der Waals surface area contributed by atoms with Crippen molar-refractivity contribution in [2.45, 2.75) is 13.3 Å². The summed E-state index contributed by atoms with van der Waals surface area (Å²) >= 11 is 5.92. The molecule has 0 heterocycles. The van der Waals surface area contributed by atoms with E-state index < -0.39 is 0 Å². The van der Waals surface area contributed by atoms with Crippen molar-refractivity contribution in [2.24, 2.45) is 0 Å². The molecule has 1 aromatic rings. The van der Waals surface area contributed by atoms with Gasteiger partial charge >= 0.3 is 0 Å². The molecule has 0 saturated carbocycles. The third kappa shape index (κ3) is 4.21. The Kier molecular flexibility index (Phi) is 4.98. The zero-order valence-corrected chi connectivity index (χ0v) is 9.47. The predicted octanol–water partition coefficient (Wildman–Crippen LogP) is 2.28. The van der Waals surface area contributed by atoms with Crippen LogP contribution in [0, 0.1) is 0 Å². The van der Waals surface area contributed by atoms with Crippen LogP contribution in [0.1, 0.15) is 13.3 Å². The average molecular weight is 227 g/mol. The number of halogens is 1. The largest absolute Gasteiger partial charge is 0.375 e. The maximum Gasteiger partial charge on any atom is 0.239 e. The van der Waals surface area contributed by atoms with Gasteiger partial charge in [0, 0.05) is 6.54 Å². The molecule has 4 heteroatoms. The smallest absolute Gasteiger partial charge is 0.239 e. The van der Waals surface area contributed by atoms with Crippen LogP contribution < -0.4 is 10.6 Å². The minimum absolute atomic E-state index is 0.0169. The molecule has 0 spiro atoms. The normalized spacial score (nSPS) is 9.73. The van der Waals surface area contributed by atoms with Crippen LogP contribution in [0.5, 0.6) is 0 Å². The molecule has 0 bridgehead atoms. The Morgan fingerprint density at radius 3 is 2.80 bits per heavy atom. The number of hydrogen-bond donors (Lipinski definition) is 2. The first-order valence-electron chi connectivity index (χ1n) is 4.99. The summed E-state index contributed by atoms with van der Waals surface area (Å²) in [6, 6.07) is 7.35. The maximum atomic E-state index is 11.3. The quantitative estimate of drug-likeness (QED) is 0.809. The highest BCUT2D eigenvalue weighted by Crippen LogP contribution is 2.19. The van der Waals surface area contributed by atoms with E-state index in [4.69, 9.17) is 11.6 Å². The Hall–Kier alpha value is -1.22. The van der Waals surface area contributed by atoms with Gasteiger partial charge in [0.1, 0.15) is 0 Å². The summed E-state index contributed by atoms with van der Waals surface area (Å²) in [4.78, 5) is 11.3. The molecule has 0 saturated heterocycles. The fraction of sp³-hybridized carbons (Fsp3) is 0.364. The summed E-state index contributed by atoms with van der Waals surface area (Å²) in [5.74, 6) is -0.0169. The van der Waals surface area contributed by atoms with Gasteiger partial charge in [-0.3, -0.25) is 4.79 Å². The first-order valence-corrected chi connectivity index (χ1v) is 5.37. The van der Waals surface area contributed by atoms with Crippen LogP contribution >= 0.6 is 11.6 Å². The van der Waals surface area contributed by atoms with Crippen LogP contribution in [0.2, 0.25) is 5.02 Å². The van der Waals surface area contributed by atoms with Gasteiger partial charge in [0.2, 0.25) is 5.91 Å². The lowest BCUT2D eigenvalue weighted by Gasteiger charge is -2.08. The molecule has 0 fully saturated rings. The molecule has 0 aromatic heterocycles. The van der Waals surface area contributed by atoms with Crippen molar-refractivity contribution in [3.63, 3.8) is 0 Å². The zero-order chi connectivity index (χ0) is 11.1. The Morgan fingerprint density at radius 2 is 2.13 bits per heavy atom. The first-order chi connectivity index (χ1) is 7.24. The molecule has 0 radical (unpaired) electrons. The lowest BCUT2D eigenvalue weighted by Crippen LogP contribution is -2.30. The number of nitrogens with one attached hydrogen (secondary N) is 2. The van der Waals surface area contributed by atoms with Gasteiger partial charge in [-0.25, -0.2) is 0 Å². The number of carbonyl (C=O) groups is 1. The molecule has 1 rings (SSSR count). The highest BCUT2D eigenvalue weighted by Gasteiger charge is 2.01. The summed E-state index contributed by atoms with van der Waals surface area (Å²) < 4.78 is 0. The number of para-hydroxylation sites is 1. The lowest BCUT2D eigenvalue weighted by molar-refractivity contribution is -0.119. The van der Waals surface area contributed by atoms with E-state index in [9.17, 15) is 4.79 Å². The summed E-state index contributed by atoms with van der Waals surface area (Å²) in [6.45, 7) is 2.98. The fourth-order valence-electron chi connectivity index (χ4n) is 1.11. The molecular weight excluding hydrogens is 212 g/mol. The predicted molar refractivity (Wildman–Crippen MR) is 63.2 cm³/mol. The van der Waals surface area contributed by atoms with Gasteiger partial charge in [-0.05, 0) is 18.6 Å². The van der Waals surface area contributed by atoms with Gasteiger partial charge in [-0.2, -0.15) is 0 Å². The van der Waals surface area contributed by atoms with Gasteiger partial charge in [0.15, 0.2) is 0 Å². The van der Waals surface area contributed by atoms with Gasteiger partial charge in [0.25, 0.3) is 0 Å². The van der Waals surface area contributed by atoms with Crippen molar-refractivity contribution >= 4 is 23.2 Å². The standard InChI is InChI=1S/C11H15ClN2O/c1-2-7-13-11(15)8-14-10-6-4-3-5-9(10)12/h3-6,14H,2,7-8H2,1H3,(H,13,15). The molecule has 0 unspecified atom stereocenters. The Labute approximate surface area is 94.8 Å². The van der Waals surface area contributed by atoms with E-state index in [1.807, 2.05) is 25.1 Å². The first kappa shape index (κ1) is 11.9. The number of anilines is 1. The summed E-state index contributed by atoms with van der Waals surface area (Å²) in [5, 5.41) is 6.38. The van der Waals surface area contributed by atoms with E-state index in [1.165, 1.54) is 0 Å². The highest BCUT2D eigenvalue weighted by atomic mass is 35.5. The molecule has 1 aromatic carbocycles. The zero-order valence-electron chi connectivity index (χ0n) is 8.72. The van der Waals surface area contributed by atoms with Crippen LogP contribution in [0.3, 0.4) is 0 Å². The second-order valence-electron chi connectivity index (χ2n) is 3.18. The molecule has 3 nitrogen and oxygen atoms in total. The van der Waals surface area contributed by atoms with Crippen molar-refractivity contribution in [3.05, 3.63) is 29.3 Å². The van der Waals surface area contributed by atoms with Crippen molar-refractivity contribution < 1.29 is 4.79 Å². The SMILES string of the molecule is CCCNC(=O)CNc1ccccc1Cl. The number of benzene rings is 1. The van der Waals surface area contributed by atoms with Crippen molar-refractivity contribution in [3.8, 4) is 0 Å². The van der Waals surface area contributed by atoms with Crippen molar-refractivity contribution in [2.75, 3.05) is 18.4 Å². The molecule has 82 valence electrons. The Bertz CT molecular complexity index is 328. The minimum atomic E-state index is -0.0169. The number of hydrogen-bond acceptors (Lipinski definition) is 2. The molecule has 0 aliphatic rings. The van der Waals surface area contributed by atoms with Gasteiger partial charge in [-0.15, -0.1) is 0 Å². The van der Waals surface area contributed by atoms with E-state index >= 15 is 0 Å². The summed E-state index contributed by atoms with van der Waals surface area (Å²) in [7, 11) is 0. The molecule has 0 aliphatic heterocycles. The third-order valence-electron chi connectivity index (χ3n) is 1.89. The number of carbonyl (C=O) groups excluding carboxylic acids is 1. The molecule has 2 N–H and O–H groups in total. The van der Waals surface area contributed by atoms with Crippen LogP contribution in [-0.4, -0.2) is 19.0 Å². The van der Waals surface area contributed by atoms with Crippen molar-refractivity contribution in [1.29, 1.82) is 0 Å². The van der Waals surface area contributed by atoms with E-state index in [0.717, 1.165) is 12.1 Å². The molecule has 0 atom stereocenters.